The summed E-state index contributed by atoms with van der Waals surface area (Å²) in [5.41, 5.74) is 7.28. The van der Waals surface area contributed by atoms with Gasteiger partial charge in [0.2, 0.25) is 0 Å². The molecule has 3 N–H and O–H groups in total. The smallest absolute Gasteiger partial charge is 0.296 e. The Bertz CT molecular complexity index is 468. The molecule has 0 bridgehead atoms. The summed E-state index contributed by atoms with van der Waals surface area (Å²) in [6.45, 7) is 8.00. The number of rotatable bonds is 6. The first kappa shape index (κ1) is 14.8. The molecule has 102 valence electrons. The fraction of sp³-hybridized carbons (Fsp3) is 0.286. The standard InChI is InChI=1S/C14H20N4O/c1-4-10-17-11(2)13(15)14(19)18(16-3)12-8-6-5-7-9-12/h5-9,17H,3-4,10,15H2,1-2H3/b13-11-. The molecule has 0 saturated carbocycles. The monoisotopic (exact) mass is 260 g/mol. The van der Waals surface area contributed by atoms with Crippen molar-refractivity contribution in [3.8, 4) is 0 Å². The van der Waals surface area contributed by atoms with Gasteiger partial charge in [0.15, 0.2) is 0 Å². The van der Waals surface area contributed by atoms with Gasteiger partial charge >= 0.3 is 0 Å². The van der Waals surface area contributed by atoms with Crippen molar-refractivity contribution in [1.29, 1.82) is 0 Å². The van der Waals surface area contributed by atoms with E-state index in [1.165, 1.54) is 5.01 Å². The molecule has 0 heterocycles. The molecule has 0 atom stereocenters. The number of hydrogen-bond donors (Lipinski definition) is 2. The van der Waals surface area contributed by atoms with Crippen molar-refractivity contribution in [3.63, 3.8) is 0 Å². The van der Waals surface area contributed by atoms with Crippen molar-refractivity contribution in [2.45, 2.75) is 20.3 Å². The van der Waals surface area contributed by atoms with Gasteiger partial charge in [0.1, 0.15) is 5.70 Å². The van der Waals surface area contributed by atoms with Gasteiger partial charge in [-0.15, -0.1) is 0 Å². The molecular weight excluding hydrogens is 240 g/mol. The number of anilines is 1. The molecule has 1 amide bonds. The van der Waals surface area contributed by atoms with E-state index in [9.17, 15) is 4.79 Å². The second kappa shape index (κ2) is 7.20. The normalized spacial score (nSPS) is 11.5. The number of carbonyl (C=O) groups excluding carboxylic acids is 1. The molecule has 0 aliphatic rings. The number of benzene rings is 1. The van der Waals surface area contributed by atoms with Crippen molar-refractivity contribution in [1.82, 2.24) is 5.32 Å². The second-order valence-electron chi connectivity index (χ2n) is 4.06. The van der Waals surface area contributed by atoms with Crippen LogP contribution in [-0.4, -0.2) is 19.2 Å². The van der Waals surface area contributed by atoms with Crippen LogP contribution in [0.15, 0.2) is 46.8 Å². The van der Waals surface area contributed by atoms with Crippen LogP contribution < -0.4 is 16.1 Å². The largest absolute Gasteiger partial charge is 0.393 e. The third-order valence-corrected chi connectivity index (χ3v) is 2.61. The van der Waals surface area contributed by atoms with Crippen molar-refractivity contribution < 1.29 is 4.79 Å². The minimum absolute atomic E-state index is 0.143. The molecule has 1 rings (SSSR count). The lowest BCUT2D eigenvalue weighted by Crippen LogP contribution is -2.33. The number of carbonyl (C=O) groups is 1. The number of allylic oxidation sites excluding steroid dienone is 1. The molecule has 0 aliphatic heterocycles. The molecule has 5 heteroatoms. The number of nitrogens with zero attached hydrogens (tertiary/aromatic N) is 2. The number of amides is 1. The van der Waals surface area contributed by atoms with Crippen LogP contribution in [0.4, 0.5) is 5.69 Å². The topological polar surface area (TPSA) is 70.7 Å². The van der Waals surface area contributed by atoms with Gasteiger partial charge in [0, 0.05) is 19.0 Å². The van der Waals surface area contributed by atoms with E-state index in [1.807, 2.05) is 25.1 Å². The second-order valence-corrected chi connectivity index (χ2v) is 4.06. The van der Waals surface area contributed by atoms with Crippen LogP contribution in [0, 0.1) is 0 Å². The van der Waals surface area contributed by atoms with Crippen molar-refractivity contribution in [2.75, 3.05) is 11.6 Å². The van der Waals surface area contributed by atoms with Crippen LogP contribution in [0.1, 0.15) is 20.3 Å². The fourth-order valence-corrected chi connectivity index (χ4v) is 1.51. The molecule has 0 radical (unpaired) electrons. The summed E-state index contributed by atoms with van der Waals surface area (Å²) < 4.78 is 0. The lowest BCUT2D eigenvalue weighted by Gasteiger charge is -2.18. The molecule has 0 spiro atoms. The molecule has 0 aliphatic carbocycles. The Morgan fingerprint density at radius 1 is 1.42 bits per heavy atom. The maximum Gasteiger partial charge on any atom is 0.296 e. The van der Waals surface area contributed by atoms with Gasteiger partial charge < -0.3 is 11.1 Å². The number of nitrogens with one attached hydrogen (secondary N) is 1. The Balaban J connectivity index is 2.94. The lowest BCUT2D eigenvalue weighted by atomic mass is 10.2. The molecule has 0 aromatic heterocycles. The fourth-order valence-electron chi connectivity index (χ4n) is 1.51. The molecule has 0 fully saturated rings. The van der Waals surface area contributed by atoms with E-state index in [-0.39, 0.29) is 11.6 Å². The number of hydrogen-bond acceptors (Lipinski definition) is 4. The van der Waals surface area contributed by atoms with Crippen molar-refractivity contribution in [3.05, 3.63) is 41.7 Å². The van der Waals surface area contributed by atoms with Crippen LogP contribution in [0.2, 0.25) is 0 Å². The predicted molar refractivity (Wildman–Crippen MR) is 78.7 cm³/mol. The van der Waals surface area contributed by atoms with Gasteiger partial charge in [-0.1, -0.05) is 25.1 Å². The first-order valence-corrected chi connectivity index (χ1v) is 6.18. The summed E-state index contributed by atoms with van der Waals surface area (Å²) in [6.07, 6.45) is 0.959. The summed E-state index contributed by atoms with van der Waals surface area (Å²) in [6, 6.07) is 9.05. The highest BCUT2D eigenvalue weighted by atomic mass is 16.2. The highest BCUT2D eigenvalue weighted by Crippen LogP contribution is 2.15. The van der Waals surface area contributed by atoms with Crippen molar-refractivity contribution in [2.24, 2.45) is 10.8 Å². The van der Waals surface area contributed by atoms with Crippen LogP contribution in [-0.2, 0) is 4.79 Å². The van der Waals surface area contributed by atoms with Gasteiger partial charge in [0.25, 0.3) is 5.91 Å². The van der Waals surface area contributed by atoms with E-state index in [0.29, 0.717) is 11.4 Å². The van der Waals surface area contributed by atoms with Crippen LogP contribution in [0.25, 0.3) is 0 Å². The number of para-hydroxylation sites is 1. The number of nitrogens with two attached hydrogens (primary N) is 1. The average Bonchev–Trinajstić information content (AvgIpc) is 2.45. The van der Waals surface area contributed by atoms with Gasteiger partial charge in [-0.05, 0) is 25.5 Å². The minimum atomic E-state index is -0.387. The van der Waals surface area contributed by atoms with Crippen LogP contribution >= 0.6 is 0 Å². The molecule has 1 aromatic rings. The Morgan fingerprint density at radius 2 is 2.05 bits per heavy atom. The summed E-state index contributed by atoms with van der Waals surface area (Å²) in [7, 11) is 0. The van der Waals surface area contributed by atoms with E-state index in [1.54, 1.807) is 19.1 Å². The third-order valence-electron chi connectivity index (χ3n) is 2.61. The maximum absolute atomic E-state index is 12.2. The van der Waals surface area contributed by atoms with Gasteiger partial charge in [-0.25, -0.2) is 0 Å². The molecule has 1 aromatic carbocycles. The van der Waals surface area contributed by atoms with E-state index in [2.05, 4.69) is 17.1 Å². The molecule has 0 saturated heterocycles. The van der Waals surface area contributed by atoms with E-state index in [4.69, 9.17) is 5.73 Å². The molecular formula is C14H20N4O. The Labute approximate surface area is 113 Å². The first-order valence-electron chi connectivity index (χ1n) is 6.18. The van der Waals surface area contributed by atoms with E-state index in [0.717, 1.165) is 13.0 Å². The summed E-state index contributed by atoms with van der Waals surface area (Å²) in [4.78, 5) is 12.2. The van der Waals surface area contributed by atoms with Crippen LogP contribution in [0.3, 0.4) is 0 Å². The van der Waals surface area contributed by atoms with Crippen LogP contribution in [0.5, 0.6) is 0 Å². The Hall–Kier alpha value is -2.30. The molecule has 5 nitrogen and oxygen atoms in total. The highest BCUT2D eigenvalue weighted by molar-refractivity contribution is 6.05. The maximum atomic E-state index is 12.2. The minimum Gasteiger partial charge on any atom is -0.393 e. The quantitative estimate of drug-likeness (QED) is 0.465. The summed E-state index contributed by atoms with van der Waals surface area (Å²) in [5, 5.41) is 8.01. The summed E-state index contributed by atoms with van der Waals surface area (Å²) in [5.74, 6) is -0.387. The SMILES string of the molecule is C=NN(C(=O)/C(N)=C(\C)NCCC)c1ccccc1. The zero-order valence-electron chi connectivity index (χ0n) is 11.4. The molecule has 19 heavy (non-hydrogen) atoms. The number of hydrazone groups is 1. The molecule has 0 unspecified atom stereocenters. The van der Waals surface area contributed by atoms with Gasteiger partial charge in [-0.2, -0.15) is 10.1 Å². The summed E-state index contributed by atoms with van der Waals surface area (Å²) >= 11 is 0. The zero-order valence-corrected chi connectivity index (χ0v) is 11.4. The highest BCUT2D eigenvalue weighted by Gasteiger charge is 2.18. The first-order chi connectivity index (χ1) is 9.11. The van der Waals surface area contributed by atoms with Gasteiger partial charge in [0.05, 0.1) is 5.69 Å². The van der Waals surface area contributed by atoms with Crippen molar-refractivity contribution >= 4 is 18.3 Å². The Kier molecular flexibility index (Phi) is 5.60. The average molecular weight is 260 g/mol. The Morgan fingerprint density at radius 3 is 2.58 bits per heavy atom. The predicted octanol–water partition coefficient (Wildman–Crippen LogP) is 1.82. The third kappa shape index (κ3) is 3.84. The zero-order chi connectivity index (χ0) is 14.3. The van der Waals surface area contributed by atoms with E-state index < -0.39 is 0 Å². The van der Waals surface area contributed by atoms with E-state index >= 15 is 0 Å². The lowest BCUT2D eigenvalue weighted by molar-refractivity contribution is -0.115. The van der Waals surface area contributed by atoms with Gasteiger partial charge in [-0.3, -0.25) is 4.79 Å².